The molecule has 0 radical (unpaired) electrons. The van der Waals surface area contributed by atoms with Gasteiger partial charge in [-0.3, -0.25) is 4.79 Å². The van der Waals surface area contributed by atoms with E-state index in [1.54, 1.807) is 19.4 Å². The topological polar surface area (TPSA) is 62.5 Å². The highest BCUT2D eigenvalue weighted by Crippen LogP contribution is 2.28. The molecule has 0 aromatic carbocycles. The summed E-state index contributed by atoms with van der Waals surface area (Å²) < 4.78 is 1.83. The van der Waals surface area contributed by atoms with Gasteiger partial charge in [-0.05, 0) is 24.9 Å². The van der Waals surface area contributed by atoms with Crippen molar-refractivity contribution < 1.29 is 4.79 Å². The zero-order chi connectivity index (χ0) is 15.7. The van der Waals surface area contributed by atoms with E-state index in [0.717, 1.165) is 31.7 Å². The molecule has 3 heterocycles. The lowest BCUT2D eigenvalue weighted by Crippen LogP contribution is -2.25. The first-order valence-corrected chi connectivity index (χ1v) is 7.87. The van der Waals surface area contributed by atoms with Crippen molar-refractivity contribution in [1.82, 2.24) is 24.8 Å². The van der Waals surface area contributed by atoms with Gasteiger partial charge in [0.05, 0.1) is 11.9 Å². The van der Waals surface area contributed by atoms with Crippen LogP contribution in [0.1, 0.15) is 42.2 Å². The van der Waals surface area contributed by atoms with Gasteiger partial charge in [0.25, 0.3) is 5.91 Å². The first kappa shape index (κ1) is 15.0. The van der Waals surface area contributed by atoms with Crippen LogP contribution in [0.3, 0.4) is 0 Å². The number of rotatable bonds is 4. The molecule has 22 heavy (non-hydrogen) atoms. The predicted molar refractivity (Wildman–Crippen MR) is 85.0 cm³/mol. The molecule has 1 aliphatic rings. The van der Waals surface area contributed by atoms with Gasteiger partial charge >= 0.3 is 0 Å². The quantitative estimate of drug-likeness (QED) is 0.930. The number of fused-ring (bicyclic) bond motifs is 1. The van der Waals surface area contributed by atoms with E-state index in [1.807, 2.05) is 10.6 Å². The van der Waals surface area contributed by atoms with Gasteiger partial charge in [-0.2, -0.15) is 5.10 Å². The van der Waals surface area contributed by atoms with Crippen molar-refractivity contribution in [2.24, 2.45) is 5.92 Å². The molecule has 3 rings (SSSR count). The third kappa shape index (κ3) is 2.70. The van der Waals surface area contributed by atoms with E-state index in [-0.39, 0.29) is 5.91 Å². The van der Waals surface area contributed by atoms with Crippen LogP contribution in [0.15, 0.2) is 18.5 Å². The lowest BCUT2D eigenvalue weighted by molar-refractivity contribution is 0.0964. The monoisotopic (exact) mass is 301 g/mol. The highest BCUT2D eigenvalue weighted by Gasteiger charge is 2.27. The minimum absolute atomic E-state index is 0.146. The summed E-state index contributed by atoms with van der Waals surface area (Å²) in [6.45, 7) is 7.80. The lowest BCUT2D eigenvalue weighted by atomic mass is 10.0. The number of hydrogen-bond acceptors (Lipinski definition) is 4. The van der Waals surface area contributed by atoms with Crippen LogP contribution in [-0.2, 0) is 0 Å². The minimum Gasteiger partial charge on any atom is -0.355 e. The van der Waals surface area contributed by atoms with Gasteiger partial charge in [-0.25, -0.2) is 9.50 Å². The summed E-state index contributed by atoms with van der Waals surface area (Å²) in [4.78, 5) is 18.7. The van der Waals surface area contributed by atoms with Crippen LogP contribution in [0.5, 0.6) is 0 Å². The van der Waals surface area contributed by atoms with Crippen LogP contribution in [0, 0.1) is 5.92 Å². The Morgan fingerprint density at radius 1 is 1.50 bits per heavy atom. The molecule has 1 aliphatic heterocycles. The number of carbonyl (C=O) groups is 1. The van der Waals surface area contributed by atoms with Crippen molar-refractivity contribution >= 4 is 11.6 Å². The largest absolute Gasteiger partial charge is 0.355 e. The van der Waals surface area contributed by atoms with Gasteiger partial charge in [0.15, 0.2) is 5.65 Å². The molecule has 2 aromatic heterocycles. The Morgan fingerprint density at radius 2 is 2.32 bits per heavy atom. The Hall–Kier alpha value is -1.95. The Balaban J connectivity index is 1.89. The highest BCUT2D eigenvalue weighted by molar-refractivity contribution is 5.99. The molecule has 1 saturated heterocycles. The second kappa shape index (κ2) is 6.04. The van der Waals surface area contributed by atoms with Crippen molar-refractivity contribution in [3.05, 3.63) is 29.7 Å². The van der Waals surface area contributed by atoms with Crippen molar-refractivity contribution in [2.75, 3.05) is 26.7 Å². The smallest absolute Gasteiger partial charge is 0.256 e. The summed E-state index contributed by atoms with van der Waals surface area (Å²) in [5, 5.41) is 7.03. The van der Waals surface area contributed by atoms with Crippen LogP contribution in [0.2, 0.25) is 0 Å². The van der Waals surface area contributed by atoms with Gasteiger partial charge in [0.2, 0.25) is 0 Å². The summed E-state index contributed by atoms with van der Waals surface area (Å²) in [6, 6.07) is 2.02. The number of nitrogens with one attached hydrogen (secondary N) is 1. The van der Waals surface area contributed by atoms with E-state index in [4.69, 9.17) is 0 Å². The molecule has 6 heteroatoms. The van der Waals surface area contributed by atoms with E-state index < -0.39 is 0 Å². The third-order valence-electron chi connectivity index (χ3n) is 4.22. The van der Waals surface area contributed by atoms with Crippen LogP contribution in [0.4, 0.5) is 0 Å². The number of likely N-dealkylation sites (tertiary alicyclic amines) is 1. The standard InChI is InChI=1S/C16H23N5O/c1-11(2)9-20-7-5-12(10-20)14-4-6-18-15-13(16(22)17-3)8-19-21(14)15/h4,6,8,11-12H,5,7,9-10H2,1-3H3,(H,17,22)/t12-/m0/s1. The highest BCUT2D eigenvalue weighted by atomic mass is 16.1. The molecule has 0 aliphatic carbocycles. The normalized spacial score (nSPS) is 19.2. The summed E-state index contributed by atoms with van der Waals surface area (Å²) in [7, 11) is 1.62. The Bertz CT molecular complexity index is 678. The van der Waals surface area contributed by atoms with Gasteiger partial charge in [0, 0.05) is 32.3 Å². The third-order valence-corrected chi connectivity index (χ3v) is 4.22. The number of carbonyl (C=O) groups excluding carboxylic acids is 1. The molecular weight excluding hydrogens is 278 g/mol. The summed E-state index contributed by atoms with van der Waals surface area (Å²) >= 11 is 0. The molecule has 0 bridgehead atoms. The van der Waals surface area contributed by atoms with Crippen molar-refractivity contribution in [3.8, 4) is 0 Å². The zero-order valence-electron chi connectivity index (χ0n) is 13.4. The lowest BCUT2D eigenvalue weighted by Gasteiger charge is -2.18. The molecule has 1 atom stereocenters. The average molecular weight is 301 g/mol. The van der Waals surface area contributed by atoms with Crippen LogP contribution < -0.4 is 5.32 Å². The fourth-order valence-corrected chi connectivity index (χ4v) is 3.27. The van der Waals surface area contributed by atoms with E-state index in [0.29, 0.717) is 23.0 Å². The maximum Gasteiger partial charge on any atom is 0.256 e. The van der Waals surface area contributed by atoms with Crippen LogP contribution >= 0.6 is 0 Å². The second-order valence-corrected chi connectivity index (χ2v) is 6.38. The Morgan fingerprint density at radius 3 is 3.05 bits per heavy atom. The van der Waals surface area contributed by atoms with Crippen LogP contribution in [-0.4, -0.2) is 52.1 Å². The Labute approximate surface area is 130 Å². The molecule has 0 saturated carbocycles. The number of aromatic nitrogens is 3. The van der Waals surface area contributed by atoms with Crippen molar-refractivity contribution in [1.29, 1.82) is 0 Å². The van der Waals surface area contributed by atoms with Gasteiger partial charge < -0.3 is 10.2 Å². The molecule has 6 nitrogen and oxygen atoms in total. The maximum absolute atomic E-state index is 11.9. The first-order chi connectivity index (χ1) is 10.6. The average Bonchev–Trinajstić information content (AvgIpc) is 3.12. The fourth-order valence-electron chi connectivity index (χ4n) is 3.27. The number of hydrogen-bond donors (Lipinski definition) is 1. The fraction of sp³-hybridized carbons (Fsp3) is 0.562. The summed E-state index contributed by atoms with van der Waals surface area (Å²) in [5.41, 5.74) is 2.31. The first-order valence-electron chi connectivity index (χ1n) is 7.87. The van der Waals surface area contributed by atoms with Crippen LogP contribution in [0.25, 0.3) is 5.65 Å². The maximum atomic E-state index is 11.9. The molecule has 1 amide bonds. The number of nitrogens with zero attached hydrogens (tertiary/aromatic N) is 4. The molecule has 2 aromatic rings. The SMILES string of the molecule is CNC(=O)c1cnn2c([C@H]3CCN(CC(C)C)C3)ccnc12. The second-order valence-electron chi connectivity index (χ2n) is 6.38. The van der Waals surface area contributed by atoms with Gasteiger partial charge in [-0.15, -0.1) is 0 Å². The minimum atomic E-state index is -0.146. The molecule has 1 N–H and O–H groups in total. The summed E-state index contributed by atoms with van der Waals surface area (Å²) in [6.07, 6.45) is 4.51. The molecule has 1 fully saturated rings. The van der Waals surface area contributed by atoms with E-state index in [2.05, 4.69) is 34.1 Å². The van der Waals surface area contributed by atoms with E-state index >= 15 is 0 Å². The predicted octanol–water partition coefficient (Wildman–Crippen LogP) is 1.53. The zero-order valence-corrected chi connectivity index (χ0v) is 13.4. The van der Waals surface area contributed by atoms with Gasteiger partial charge in [0.1, 0.15) is 5.56 Å². The van der Waals surface area contributed by atoms with E-state index in [9.17, 15) is 4.79 Å². The molecule has 118 valence electrons. The Kier molecular flexibility index (Phi) is 4.11. The molecule has 0 spiro atoms. The van der Waals surface area contributed by atoms with Gasteiger partial charge in [-0.1, -0.05) is 13.8 Å². The van der Waals surface area contributed by atoms with Crippen molar-refractivity contribution in [3.63, 3.8) is 0 Å². The molecule has 0 unspecified atom stereocenters. The summed E-state index contributed by atoms with van der Waals surface area (Å²) in [5.74, 6) is 0.981. The molecular formula is C16H23N5O. The number of amides is 1. The van der Waals surface area contributed by atoms with Crippen molar-refractivity contribution in [2.45, 2.75) is 26.2 Å². The van der Waals surface area contributed by atoms with E-state index in [1.165, 1.54) is 0 Å².